The van der Waals surface area contributed by atoms with Crippen LogP contribution in [0.3, 0.4) is 0 Å². The van der Waals surface area contributed by atoms with Gasteiger partial charge in [-0.05, 0) is 19.3 Å². The molecule has 1 heterocycles. The molecular weight excluding hydrogens is 256 g/mol. The first-order valence-corrected chi connectivity index (χ1v) is 8.14. The van der Waals surface area contributed by atoms with Crippen LogP contribution in [-0.4, -0.2) is 57.8 Å². The summed E-state index contributed by atoms with van der Waals surface area (Å²) in [5.41, 5.74) is 0. The summed E-state index contributed by atoms with van der Waals surface area (Å²) in [6.07, 6.45) is 3.37. The minimum absolute atomic E-state index is 0.0127. The van der Waals surface area contributed by atoms with E-state index in [2.05, 4.69) is 4.72 Å². The number of ether oxygens (including phenoxy) is 1. The first-order chi connectivity index (χ1) is 8.42. The van der Waals surface area contributed by atoms with Crippen molar-refractivity contribution in [2.24, 2.45) is 0 Å². The molecule has 1 fully saturated rings. The van der Waals surface area contributed by atoms with Crippen LogP contribution in [0.5, 0.6) is 0 Å². The van der Waals surface area contributed by atoms with Crippen LogP contribution in [0.25, 0.3) is 0 Å². The third-order valence-corrected chi connectivity index (χ3v) is 3.56. The van der Waals surface area contributed by atoms with E-state index in [4.69, 9.17) is 4.74 Å². The molecule has 106 valence electrons. The highest BCUT2D eigenvalue weighted by Gasteiger charge is 2.24. The maximum atomic E-state index is 11.7. The van der Waals surface area contributed by atoms with E-state index in [1.165, 1.54) is 0 Å². The second-order valence-electron chi connectivity index (χ2n) is 4.60. The van der Waals surface area contributed by atoms with Gasteiger partial charge in [0, 0.05) is 25.7 Å². The van der Waals surface area contributed by atoms with Crippen LogP contribution in [0, 0.1) is 0 Å². The van der Waals surface area contributed by atoms with E-state index in [1.807, 2.05) is 6.92 Å². The molecule has 1 saturated heterocycles. The Morgan fingerprint density at radius 1 is 1.39 bits per heavy atom. The van der Waals surface area contributed by atoms with Gasteiger partial charge in [-0.3, -0.25) is 4.79 Å². The van der Waals surface area contributed by atoms with Crippen molar-refractivity contribution in [1.82, 2.24) is 9.62 Å². The molecule has 1 rings (SSSR count). The summed E-state index contributed by atoms with van der Waals surface area (Å²) in [6, 6.07) is -0.0550. The van der Waals surface area contributed by atoms with E-state index in [9.17, 15) is 13.2 Å². The van der Waals surface area contributed by atoms with E-state index in [0.717, 1.165) is 12.7 Å². The van der Waals surface area contributed by atoms with E-state index < -0.39 is 10.0 Å². The quantitative estimate of drug-likeness (QED) is 0.691. The number of nitrogens with one attached hydrogen (secondary N) is 1. The van der Waals surface area contributed by atoms with Gasteiger partial charge < -0.3 is 9.64 Å². The molecule has 0 aromatic rings. The molecule has 0 saturated carbocycles. The molecule has 0 atom stereocenters. The number of carbonyl (C=O) groups excluding carboxylic acids is 1. The van der Waals surface area contributed by atoms with Crippen molar-refractivity contribution in [3.63, 3.8) is 0 Å². The number of hydrogen-bond acceptors (Lipinski definition) is 4. The summed E-state index contributed by atoms with van der Waals surface area (Å²) < 4.78 is 29.9. The van der Waals surface area contributed by atoms with Crippen LogP contribution in [0.1, 0.15) is 26.2 Å². The normalized spacial score (nSPS) is 18.0. The van der Waals surface area contributed by atoms with Crippen LogP contribution in [0.15, 0.2) is 0 Å². The Hall–Kier alpha value is -0.660. The van der Waals surface area contributed by atoms with Crippen LogP contribution < -0.4 is 4.72 Å². The van der Waals surface area contributed by atoms with Gasteiger partial charge in [0.15, 0.2) is 0 Å². The lowest BCUT2D eigenvalue weighted by Crippen LogP contribution is -2.47. The van der Waals surface area contributed by atoms with Crippen molar-refractivity contribution in [2.75, 3.05) is 32.6 Å². The number of nitrogens with zero attached hydrogens (tertiary/aromatic N) is 1. The molecule has 1 N–H and O–H groups in total. The molecule has 0 radical (unpaired) electrons. The van der Waals surface area contributed by atoms with Gasteiger partial charge in [-0.25, -0.2) is 13.1 Å². The summed E-state index contributed by atoms with van der Waals surface area (Å²) in [5.74, 6) is -0.0127. The van der Waals surface area contributed by atoms with Crippen molar-refractivity contribution in [1.29, 1.82) is 0 Å². The number of rotatable bonds is 6. The molecule has 1 aliphatic heterocycles. The lowest BCUT2D eigenvalue weighted by Gasteiger charge is -2.31. The van der Waals surface area contributed by atoms with Gasteiger partial charge in [0.25, 0.3) is 0 Å². The van der Waals surface area contributed by atoms with E-state index in [0.29, 0.717) is 32.5 Å². The highest BCUT2D eigenvalue weighted by atomic mass is 32.2. The summed E-state index contributed by atoms with van der Waals surface area (Å²) in [6.45, 7) is 3.88. The average Bonchev–Trinajstić information content (AvgIpc) is 2.28. The standard InChI is InChI=1S/C11H22N2O4S/c1-3-8-17-9-11(14)13-6-4-10(5-7-13)12-18(2,15)16/h10,12H,3-9H2,1-2H3. The van der Waals surface area contributed by atoms with Crippen LogP contribution in [0.2, 0.25) is 0 Å². The Labute approximate surface area is 109 Å². The zero-order chi connectivity index (χ0) is 13.6. The van der Waals surface area contributed by atoms with E-state index >= 15 is 0 Å². The third kappa shape index (κ3) is 5.79. The molecule has 1 aliphatic rings. The number of piperidine rings is 1. The van der Waals surface area contributed by atoms with Crippen molar-refractivity contribution in [2.45, 2.75) is 32.2 Å². The van der Waals surface area contributed by atoms with Gasteiger partial charge in [0.05, 0.1) is 6.26 Å². The predicted molar refractivity (Wildman–Crippen MR) is 68.7 cm³/mol. The average molecular weight is 278 g/mol. The zero-order valence-electron chi connectivity index (χ0n) is 11.0. The van der Waals surface area contributed by atoms with Gasteiger partial charge in [-0.2, -0.15) is 0 Å². The Kier molecular flexibility index (Phi) is 6.04. The van der Waals surface area contributed by atoms with Crippen molar-refractivity contribution < 1.29 is 17.9 Å². The molecule has 0 bridgehead atoms. The largest absolute Gasteiger partial charge is 0.372 e. The predicted octanol–water partition coefficient (Wildman–Crippen LogP) is -0.0468. The van der Waals surface area contributed by atoms with Crippen molar-refractivity contribution in [3.05, 3.63) is 0 Å². The molecule has 0 unspecified atom stereocenters. The number of hydrogen-bond donors (Lipinski definition) is 1. The Bertz CT molecular complexity index is 361. The third-order valence-electron chi connectivity index (χ3n) is 2.80. The van der Waals surface area contributed by atoms with E-state index in [-0.39, 0.29) is 18.6 Å². The molecular formula is C11H22N2O4S. The first kappa shape index (κ1) is 15.4. The SMILES string of the molecule is CCCOCC(=O)N1CCC(NS(C)(=O)=O)CC1. The molecule has 0 aliphatic carbocycles. The van der Waals surface area contributed by atoms with Gasteiger partial charge in [-0.1, -0.05) is 6.92 Å². The number of sulfonamides is 1. The Morgan fingerprint density at radius 2 is 2.00 bits per heavy atom. The van der Waals surface area contributed by atoms with Crippen LogP contribution >= 0.6 is 0 Å². The molecule has 6 nitrogen and oxygen atoms in total. The molecule has 18 heavy (non-hydrogen) atoms. The van der Waals surface area contributed by atoms with Crippen LogP contribution in [0.4, 0.5) is 0 Å². The van der Waals surface area contributed by atoms with E-state index in [1.54, 1.807) is 4.90 Å². The topological polar surface area (TPSA) is 75.7 Å². The number of likely N-dealkylation sites (tertiary alicyclic amines) is 1. The van der Waals surface area contributed by atoms with Gasteiger partial charge in [0.2, 0.25) is 15.9 Å². The molecule has 0 aromatic heterocycles. The zero-order valence-corrected chi connectivity index (χ0v) is 11.8. The van der Waals surface area contributed by atoms with Gasteiger partial charge in [-0.15, -0.1) is 0 Å². The highest BCUT2D eigenvalue weighted by Crippen LogP contribution is 2.11. The fraction of sp³-hybridized carbons (Fsp3) is 0.909. The lowest BCUT2D eigenvalue weighted by molar-refractivity contribution is -0.137. The first-order valence-electron chi connectivity index (χ1n) is 6.25. The minimum Gasteiger partial charge on any atom is -0.372 e. The number of carbonyl (C=O) groups is 1. The van der Waals surface area contributed by atoms with Crippen molar-refractivity contribution in [3.8, 4) is 0 Å². The fourth-order valence-electron chi connectivity index (χ4n) is 1.94. The van der Waals surface area contributed by atoms with Gasteiger partial charge in [0.1, 0.15) is 6.61 Å². The smallest absolute Gasteiger partial charge is 0.248 e. The molecule has 1 amide bonds. The minimum atomic E-state index is -3.16. The monoisotopic (exact) mass is 278 g/mol. The fourth-order valence-corrected chi connectivity index (χ4v) is 2.79. The summed E-state index contributed by atoms with van der Waals surface area (Å²) >= 11 is 0. The second kappa shape index (κ2) is 7.06. The maximum Gasteiger partial charge on any atom is 0.248 e. The molecule has 0 aromatic carbocycles. The molecule has 7 heteroatoms. The Balaban J connectivity index is 2.28. The Morgan fingerprint density at radius 3 is 2.50 bits per heavy atom. The van der Waals surface area contributed by atoms with Crippen LogP contribution in [-0.2, 0) is 19.6 Å². The highest BCUT2D eigenvalue weighted by molar-refractivity contribution is 7.88. The lowest BCUT2D eigenvalue weighted by atomic mass is 10.1. The summed E-state index contributed by atoms with van der Waals surface area (Å²) in [7, 11) is -3.16. The maximum absolute atomic E-state index is 11.7. The summed E-state index contributed by atoms with van der Waals surface area (Å²) in [5, 5.41) is 0. The van der Waals surface area contributed by atoms with Gasteiger partial charge >= 0.3 is 0 Å². The summed E-state index contributed by atoms with van der Waals surface area (Å²) in [4.78, 5) is 13.5. The second-order valence-corrected chi connectivity index (χ2v) is 6.38. The molecule has 0 spiro atoms. The van der Waals surface area contributed by atoms with Crippen molar-refractivity contribution >= 4 is 15.9 Å². The number of amides is 1.